The number of pyridine rings is 1. The van der Waals surface area contributed by atoms with Gasteiger partial charge in [-0.3, -0.25) is 19.7 Å². The Kier molecular flexibility index (Phi) is 5.68. The first-order chi connectivity index (χ1) is 11.5. The van der Waals surface area contributed by atoms with Crippen LogP contribution in [0.3, 0.4) is 0 Å². The van der Waals surface area contributed by atoms with Crippen LogP contribution in [0, 0.1) is 10.1 Å². The van der Waals surface area contributed by atoms with E-state index in [4.69, 9.17) is 4.74 Å². The first-order valence-corrected chi connectivity index (χ1v) is 7.88. The molecule has 0 atom stereocenters. The summed E-state index contributed by atoms with van der Waals surface area (Å²) in [5, 5.41) is 12.2. The third-order valence-electron chi connectivity index (χ3n) is 3.76. The van der Waals surface area contributed by atoms with Gasteiger partial charge in [-0.05, 0) is 31.4 Å². The largest absolute Gasteiger partial charge is 0.466 e. The van der Waals surface area contributed by atoms with E-state index in [0.717, 1.165) is 6.42 Å². The zero-order chi connectivity index (χ0) is 17.7. The summed E-state index contributed by atoms with van der Waals surface area (Å²) < 4.78 is 6.41. The summed E-state index contributed by atoms with van der Waals surface area (Å²) >= 11 is 0. The molecule has 0 N–H and O–H groups in total. The van der Waals surface area contributed by atoms with E-state index in [0.29, 0.717) is 35.7 Å². The predicted molar refractivity (Wildman–Crippen MR) is 90.1 cm³/mol. The summed E-state index contributed by atoms with van der Waals surface area (Å²) in [7, 11) is 0. The molecule has 24 heavy (non-hydrogen) atoms. The van der Waals surface area contributed by atoms with Gasteiger partial charge in [0.25, 0.3) is 11.2 Å². The fraction of sp³-hybridized carbons (Fsp3) is 0.412. The van der Waals surface area contributed by atoms with Crippen molar-refractivity contribution in [3.63, 3.8) is 0 Å². The highest BCUT2D eigenvalue weighted by Gasteiger charge is 2.20. The van der Waals surface area contributed by atoms with E-state index in [-0.39, 0.29) is 23.8 Å². The maximum absolute atomic E-state index is 12.4. The Morgan fingerprint density at radius 3 is 2.67 bits per heavy atom. The number of hydrogen-bond donors (Lipinski definition) is 0. The van der Waals surface area contributed by atoms with Crippen LogP contribution >= 0.6 is 0 Å². The van der Waals surface area contributed by atoms with E-state index in [1.807, 2.05) is 6.92 Å². The SMILES string of the molecule is CCCn1ccc2c([N+](=O)[O-])c(CCCOC(C)=O)ccc2c1=O. The molecule has 0 amide bonds. The molecule has 1 heterocycles. The number of nitrogens with zero attached hydrogens (tertiary/aromatic N) is 2. The Balaban J connectivity index is 2.41. The molecule has 0 unspecified atom stereocenters. The van der Waals surface area contributed by atoms with Gasteiger partial charge in [-0.1, -0.05) is 13.0 Å². The van der Waals surface area contributed by atoms with Crippen LogP contribution < -0.4 is 5.56 Å². The maximum atomic E-state index is 12.4. The molecular weight excluding hydrogens is 312 g/mol. The van der Waals surface area contributed by atoms with E-state index in [2.05, 4.69) is 0 Å². The van der Waals surface area contributed by atoms with Crippen molar-refractivity contribution >= 4 is 22.4 Å². The average Bonchev–Trinajstić information content (AvgIpc) is 2.53. The van der Waals surface area contributed by atoms with Gasteiger partial charge in [-0.25, -0.2) is 0 Å². The molecule has 128 valence electrons. The summed E-state index contributed by atoms with van der Waals surface area (Å²) in [5.74, 6) is -0.375. The molecule has 7 heteroatoms. The van der Waals surface area contributed by atoms with Crippen molar-refractivity contribution in [1.29, 1.82) is 0 Å². The Labute approximate surface area is 139 Å². The number of fused-ring (bicyclic) bond motifs is 1. The predicted octanol–water partition coefficient (Wildman–Crippen LogP) is 2.82. The minimum Gasteiger partial charge on any atom is -0.466 e. The topological polar surface area (TPSA) is 91.4 Å². The number of carbonyl (C=O) groups is 1. The van der Waals surface area contributed by atoms with Crippen molar-refractivity contribution in [3.8, 4) is 0 Å². The number of carbonyl (C=O) groups excluding carboxylic acids is 1. The minimum absolute atomic E-state index is 0.0453. The van der Waals surface area contributed by atoms with Crippen LogP contribution in [0.1, 0.15) is 32.3 Å². The molecule has 1 aromatic carbocycles. The molecule has 0 aliphatic carbocycles. The van der Waals surface area contributed by atoms with Gasteiger partial charge in [0.2, 0.25) is 0 Å². The molecule has 0 saturated carbocycles. The molecule has 0 fully saturated rings. The van der Waals surface area contributed by atoms with Crippen LogP contribution in [0.5, 0.6) is 0 Å². The van der Waals surface area contributed by atoms with Gasteiger partial charge in [0.05, 0.1) is 22.3 Å². The van der Waals surface area contributed by atoms with Crippen molar-refractivity contribution in [2.45, 2.75) is 39.7 Å². The van der Waals surface area contributed by atoms with E-state index in [9.17, 15) is 19.7 Å². The average molecular weight is 332 g/mol. The van der Waals surface area contributed by atoms with Crippen molar-refractivity contribution < 1.29 is 14.5 Å². The molecule has 0 bridgehead atoms. The van der Waals surface area contributed by atoms with Crippen LogP contribution in [0.2, 0.25) is 0 Å². The first kappa shape index (κ1) is 17.7. The summed E-state index contributed by atoms with van der Waals surface area (Å²) in [4.78, 5) is 34.2. The highest BCUT2D eigenvalue weighted by molar-refractivity contribution is 5.91. The van der Waals surface area contributed by atoms with Crippen LogP contribution in [0.25, 0.3) is 10.8 Å². The summed E-state index contributed by atoms with van der Waals surface area (Å²) in [6, 6.07) is 4.88. The minimum atomic E-state index is -0.451. The highest BCUT2D eigenvalue weighted by Crippen LogP contribution is 2.29. The standard InChI is InChI=1S/C17H20N2O5/c1-3-9-18-10-8-14-15(17(18)21)7-6-13(16(14)19(22)23)5-4-11-24-12(2)20/h6-8,10H,3-5,9,11H2,1-2H3. The lowest BCUT2D eigenvalue weighted by atomic mass is 10.0. The summed E-state index contributed by atoms with van der Waals surface area (Å²) in [5.41, 5.74) is 0.271. The van der Waals surface area contributed by atoms with Gasteiger partial charge in [0, 0.05) is 25.2 Å². The van der Waals surface area contributed by atoms with Crippen LogP contribution in [0.15, 0.2) is 29.2 Å². The van der Waals surface area contributed by atoms with Crippen LogP contribution in [-0.2, 0) is 22.5 Å². The van der Waals surface area contributed by atoms with E-state index in [1.54, 1.807) is 29.0 Å². The van der Waals surface area contributed by atoms with Crippen LogP contribution in [-0.4, -0.2) is 22.1 Å². The zero-order valence-corrected chi connectivity index (χ0v) is 13.8. The zero-order valence-electron chi connectivity index (χ0n) is 13.8. The molecule has 0 spiro atoms. The number of benzene rings is 1. The van der Waals surface area contributed by atoms with E-state index in [1.165, 1.54) is 6.92 Å². The number of nitro groups is 1. The molecule has 0 saturated heterocycles. The number of hydrogen-bond acceptors (Lipinski definition) is 5. The van der Waals surface area contributed by atoms with Crippen LogP contribution in [0.4, 0.5) is 5.69 Å². The molecule has 0 aliphatic heterocycles. The number of aryl methyl sites for hydroxylation is 2. The molecule has 2 rings (SSSR count). The first-order valence-electron chi connectivity index (χ1n) is 7.88. The molecule has 1 aromatic heterocycles. The quantitative estimate of drug-likeness (QED) is 0.336. The van der Waals surface area contributed by atoms with Crippen molar-refractivity contribution in [1.82, 2.24) is 4.57 Å². The maximum Gasteiger partial charge on any atom is 0.302 e. The normalized spacial score (nSPS) is 10.8. The lowest BCUT2D eigenvalue weighted by Gasteiger charge is -2.09. The van der Waals surface area contributed by atoms with Crippen molar-refractivity contribution in [3.05, 3.63) is 50.4 Å². The second-order valence-corrected chi connectivity index (χ2v) is 5.55. The summed E-state index contributed by atoms with van der Waals surface area (Å²) in [6.07, 6.45) is 3.29. The lowest BCUT2D eigenvalue weighted by molar-refractivity contribution is -0.383. The van der Waals surface area contributed by atoms with Gasteiger partial charge in [0.1, 0.15) is 0 Å². The Hall–Kier alpha value is -2.70. The number of aromatic nitrogens is 1. The molecule has 0 aliphatic rings. The highest BCUT2D eigenvalue weighted by atomic mass is 16.6. The molecule has 7 nitrogen and oxygen atoms in total. The van der Waals surface area contributed by atoms with Gasteiger partial charge in [-0.15, -0.1) is 0 Å². The Morgan fingerprint density at radius 2 is 2.04 bits per heavy atom. The monoisotopic (exact) mass is 332 g/mol. The fourth-order valence-electron chi connectivity index (χ4n) is 2.71. The Bertz CT molecular complexity index is 826. The number of nitro benzene ring substituents is 1. The van der Waals surface area contributed by atoms with Gasteiger partial charge < -0.3 is 9.30 Å². The third-order valence-corrected chi connectivity index (χ3v) is 3.76. The van der Waals surface area contributed by atoms with Gasteiger partial charge in [-0.2, -0.15) is 0 Å². The summed E-state index contributed by atoms with van der Waals surface area (Å²) in [6.45, 7) is 4.07. The number of rotatable bonds is 7. The van der Waals surface area contributed by atoms with Crippen molar-refractivity contribution in [2.24, 2.45) is 0 Å². The Morgan fingerprint density at radius 1 is 1.29 bits per heavy atom. The molecular formula is C17H20N2O5. The molecule has 0 radical (unpaired) electrons. The molecule has 2 aromatic rings. The smallest absolute Gasteiger partial charge is 0.302 e. The van der Waals surface area contributed by atoms with E-state index < -0.39 is 4.92 Å². The van der Waals surface area contributed by atoms with Gasteiger partial charge in [0.15, 0.2) is 0 Å². The number of esters is 1. The van der Waals surface area contributed by atoms with Crippen molar-refractivity contribution in [2.75, 3.05) is 6.61 Å². The third kappa shape index (κ3) is 3.79. The second kappa shape index (κ2) is 7.72. The van der Waals surface area contributed by atoms with Gasteiger partial charge >= 0.3 is 5.97 Å². The van der Waals surface area contributed by atoms with E-state index >= 15 is 0 Å². The number of ether oxygens (including phenoxy) is 1. The fourth-order valence-corrected chi connectivity index (χ4v) is 2.71. The second-order valence-electron chi connectivity index (χ2n) is 5.55. The lowest BCUT2D eigenvalue weighted by Crippen LogP contribution is -2.19.